The Morgan fingerprint density at radius 2 is 1.83 bits per heavy atom. The van der Waals surface area contributed by atoms with Crippen molar-refractivity contribution in [3.8, 4) is 0 Å². The molecule has 1 heterocycles. The van der Waals surface area contributed by atoms with Crippen molar-refractivity contribution in [3.05, 3.63) is 35.4 Å². The van der Waals surface area contributed by atoms with Crippen molar-refractivity contribution >= 4 is 17.8 Å². The first-order valence-electron chi connectivity index (χ1n) is 11.2. The van der Waals surface area contributed by atoms with Gasteiger partial charge in [0.2, 0.25) is 0 Å². The Morgan fingerprint density at radius 1 is 1.17 bits per heavy atom. The molecule has 3 aliphatic rings. The van der Waals surface area contributed by atoms with E-state index in [1.165, 1.54) is 5.56 Å². The highest BCUT2D eigenvalue weighted by Gasteiger charge is 2.52. The number of imide groups is 1. The maximum atomic E-state index is 12.9. The van der Waals surface area contributed by atoms with E-state index in [4.69, 9.17) is 0 Å². The van der Waals surface area contributed by atoms with E-state index >= 15 is 0 Å². The molecule has 2 aliphatic carbocycles. The maximum absolute atomic E-state index is 12.9. The summed E-state index contributed by atoms with van der Waals surface area (Å²) >= 11 is 0. The van der Waals surface area contributed by atoms with Crippen LogP contribution in [0.4, 0.5) is 4.79 Å². The minimum atomic E-state index is -0.822. The Kier molecular flexibility index (Phi) is 5.82. The van der Waals surface area contributed by atoms with Crippen LogP contribution in [-0.4, -0.2) is 45.9 Å². The molecule has 2 N–H and O–H groups in total. The van der Waals surface area contributed by atoms with E-state index in [-0.39, 0.29) is 18.4 Å². The fourth-order valence-corrected chi connectivity index (χ4v) is 4.56. The molecule has 162 valence electrons. The van der Waals surface area contributed by atoms with Crippen LogP contribution in [0.2, 0.25) is 0 Å². The summed E-state index contributed by atoms with van der Waals surface area (Å²) in [7, 11) is 0. The molecule has 0 unspecified atom stereocenters. The van der Waals surface area contributed by atoms with Crippen molar-refractivity contribution in [2.75, 3.05) is 6.54 Å². The first-order chi connectivity index (χ1) is 14.4. The van der Waals surface area contributed by atoms with Crippen molar-refractivity contribution in [1.29, 1.82) is 0 Å². The molecule has 0 atom stereocenters. The number of hydrazine groups is 1. The standard InChI is InChI=1S/C23H32N4O3/c1-16(2)18-8-6-17(7-9-18)14-26(19-10-11-19)15-20(28)25-27-21(29)23(24-22(27)30)12-4-3-5-13-23/h6-9,16,19H,3-5,10-15H2,1-2H3,(H,24,30)(H,25,28). The van der Waals surface area contributed by atoms with Crippen LogP contribution in [0.25, 0.3) is 0 Å². The van der Waals surface area contributed by atoms with Gasteiger partial charge in [0.15, 0.2) is 0 Å². The summed E-state index contributed by atoms with van der Waals surface area (Å²) in [4.78, 5) is 40.1. The fourth-order valence-electron chi connectivity index (χ4n) is 4.56. The quantitative estimate of drug-likeness (QED) is 0.675. The van der Waals surface area contributed by atoms with Crippen LogP contribution in [0.1, 0.15) is 75.8 Å². The van der Waals surface area contributed by atoms with Crippen LogP contribution in [0.15, 0.2) is 24.3 Å². The van der Waals surface area contributed by atoms with E-state index < -0.39 is 11.6 Å². The molecule has 7 nitrogen and oxygen atoms in total. The lowest BCUT2D eigenvalue weighted by Crippen LogP contribution is -2.52. The molecular formula is C23H32N4O3. The lowest BCUT2D eigenvalue weighted by Gasteiger charge is -2.30. The third kappa shape index (κ3) is 4.36. The molecule has 30 heavy (non-hydrogen) atoms. The summed E-state index contributed by atoms with van der Waals surface area (Å²) in [6.07, 6.45) is 6.34. The summed E-state index contributed by atoms with van der Waals surface area (Å²) in [6.45, 7) is 5.19. The first kappa shape index (κ1) is 20.8. The Hall–Kier alpha value is -2.41. The smallest absolute Gasteiger partial charge is 0.322 e. The summed E-state index contributed by atoms with van der Waals surface area (Å²) < 4.78 is 0. The van der Waals surface area contributed by atoms with Crippen LogP contribution >= 0.6 is 0 Å². The van der Waals surface area contributed by atoms with Gasteiger partial charge in [-0.25, -0.2) is 4.79 Å². The number of nitrogens with zero attached hydrogens (tertiary/aromatic N) is 2. The van der Waals surface area contributed by atoms with Gasteiger partial charge in [0.25, 0.3) is 11.8 Å². The van der Waals surface area contributed by atoms with Gasteiger partial charge in [-0.05, 0) is 42.7 Å². The third-order valence-corrected chi connectivity index (χ3v) is 6.55. The Balaban J connectivity index is 1.37. The number of urea groups is 1. The number of carbonyl (C=O) groups excluding carboxylic acids is 3. The van der Waals surface area contributed by atoms with Gasteiger partial charge >= 0.3 is 6.03 Å². The number of hydrogen-bond acceptors (Lipinski definition) is 4. The molecule has 4 rings (SSSR count). The predicted octanol–water partition coefficient (Wildman–Crippen LogP) is 3.06. The van der Waals surface area contributed by atoms with Gasteiger partial charge in [-0.1, -0.05) is 57.4 Å². The van der Waals surface area contributed by atoms with E-state index in [2.05, 4.69) is 53.8 Å². The van der Waals surface area contributed by atoms with Gasteiger partial charge in [0.1, 0.15) is 5.54 Å². The number of carbonyl (C=O) groups is 3. The first-order valence-corrected chi connectivity index (χ1v) is 11.2. The van der Waals surface area contributed by atoms with Gasteiger partial charge in [-0.3, -0.25) is 19.9 Å². The molecule has 0 bridgehead atoms. The van der Waals surface area contributed by atoms with Gasteiger partial charge in [0.05, 0.1) is 6.54 Å². The Bertz CT molecular complexity index is 810. The topological polar surface area (TPSA) is 81.8 Å². The average molecular weight is 413 g/mol. The van der Waals surface area contributed by atoms with Crippen LogP contribution < -0.4 is 10.7 Å². The highest BCUT2D eigenvalue weighted by atomic mass is 16.2. The number of nitrogens with one attached hydrogen (secondary N) is 2. The number of benzene rings is 1. The van der Waals surface area contributed by atoms with Crippen LogP contribution in [0.5, 0.6) is 0 Å². The largest absolute Gasteiger partial charge is 0.344 e. The molecule has 1 aliphatic heterocycles. The molecule has 4 amide bonds. The summed E-state index contributed by atoms with van der Waals surface area (Å²) in [5.74, 6) is -0.152. The summed E-state index contributed by atoms with van der Waals surface area (Å²) in [6, 6.07) is 8.38. The van der Waals surface area contributed by atoms with Crippen molar-refractivity contribution in [2.45, 2.75) is 82.8 Å². The van der Waals surface area contributed by atoms with Gasteiger partial charge in [0, 0.05) is 12.6 Å². The average Bonchev–Trinajstić information content (AvgIpc) is 3.54. The number of rotatable bonds is 7. The zero-order chi connectivity index (χ0) is 21.3. The molecule has 0 radical (unpaired) electrons. The van der Waals surface area contributed by atoms with Gasteiger partial charge in [-0.2, -0.15) is 5.01 Å². The van der Waals surface area contributed by atoms with E-state index in [1.54, 1.807) is 0 Å². The van der Waals surface area contributed by atoms with Crippen molar-refractivity contribution in [3.63, 3.8) is 0 Å². The molecule has 7 heteroatoms. The second kappa shape index (κ2) is 8.38. The minimum absolute atomic E-state index is 0.167. The molecule has 1 aromatic rings. The second-order valence-corrected chi connectivity index (χ2v) is 9.28. The lowest BCUT2D eigenvalue weighted by molar-refractivity contribution is -0.140. The van der Waals surface area contributed by atoms with E-state index in [0.29, 0.717) is 31.3 Å². The molecule has 2 saturated carbocycles. The number of amides is 4. The van der Waals surface area contributed by atoms with Crippen molar-refractivity contribution < 1.29 is 14.4 Å². The highest BCUT2D eigenvalue weighted by molar-refractivity contribution is 6.08. The van der Waals surface area contributed by atoms with Gasteiger partial charge in [-0.15, -0.1) is 0 Å². The monoisotopic (exact) mass is 412 g/mol. The Morgan fingerprint density at radius 3 is 2.43 bits per heavy atom. The van der Waals surface area contributed by atoms with Gasteiger partial charge < -0.3 is 5.32 Å². The molecular weight excluding hydrogens is 380 g/mol. The van der Waals surface area contributed by atoms with Crippen molar-refractivity contribution in [2.24, 2.45) is 0 Å². The van der Waals surface area contributed by atoms with Crippen LogP contribution in [0, 0.1) is 0 Å². The summed E-state index contributed by atoms with van der Waals surface area (Å²) in [5, 5.41) is 3.73. The predicted molar refractivity (Wildman–Crippen MR) is 113 cm³/mol. The highest BCUT2D eigenvalue weighted by Crippen LogP contribution is 2.33. The molecule has 1 spiro atoms. The minimum Gasteiger partial charge on any atom is -0.322 e. The lowest BCUT2D eigenvalue weighted by atomic mass is 9.82. The van der Waals surface area contributed by atoms with Crippen LogP contribution in [-0.2, 0) is 16.1 Å². The zero-order valence-corrected chi connectivity index (χ0v) is 17.9. The Labute approximate surface area is 178 Å². The normalized spacial score (nSPS) is 20.9. The SMILES string of the molecule is CC(C)c1ccc(CN(CC(=O)NN2C(=O)NC3(CCCCC3)C2=O)C2CC2)cc1. The summed E-state index contributed by atoms with van der Waals surface area (Å²) in [5.41, 5.74) is 4.20. The molecule has 1 saturated heterocycles. The molecule has 0 aromatic heterocycles. The van der Waals surface area contributed by atoms with E-state index in [1.807, 2.05) is 0 Å². The maximum Gasteiger partial charge on any atom is 0.344 e. The number of hydrogen-bond donors (Lipinski definition) is 2. The van der Waals surface area contributed by atoms with Crippen molar-refractivity contribution in [1.82, 2.24) is 20.7 Å². The fraction of sp³-hybridized carbons (Fsp3) is 0.609. The van der Waals surface area contributed by atoms with E-state index in [9.17, 15) is 14.4 Å². The van der Waals surface area contributed by atoms with Crippen LogP contribution in [0.3, 0.4) is 0 Å². The molecule has 3 fully saturated rings. The molecule has 1 aromatic carbocycles. The van der Waals surface area contributed by atoms with E-state index in [0.717, 1.165) is 42.7 Å². The third-order valence-electron chi connectivity index (χ3n) is 6.55. The zero-order valence-electron chi connectivity index (χ0n) is 17.9. The second-order valence-electron chi connectivity index (χ2n) is 9.28.